The van der Waals surface area contributed by atoms with Crippen molar-refractivity contribution in [2.75, 3.05) is 39.3 Å². The lowest BCUT2D eigenvalue weighted by atomic mass is 10.2. The van der Waals surface area contributed by atoms with Crippen LogP contribution in [0.1, 0.15) is 31.9 Å². The van der Waals surface area contributed by atoms with Crippen LogP contribution in [0.15, 0.2) is 53.0 Å². The van der Waals surface area contributed by atoms with Gasteiger partial charge in [-0.2, -0.15) is 0 Å². The number of benzene rings is 2. The zero-order valence-electron chi connectivity index (χ0n) is 20.6. The van der Waals surface area contributed by atoms with Crippen molar-refractivity contribution in [3.8, 4) is 5.75 Å². The third kappa shape index (κ3) is 9.78. The van der Waals surface area contributed by atoms with Gasteiger partial charge in [0, 0.05) is 37.2 Å². The predicted molar refractivity (Wildman–Crippen MR) is 137 cm³/mol. The molecule has 3 rings (SSSR count). The lowest BCUT2D eigenvalue weighted by molar-refractivity contribution is 0.0519. The van der Waals surface area contributed by atoms with E-state index in [1.54, 1.807) is 4.90 Å². The molecule has 0 saturated carbocycles. The van der Waals surface area contributed by atoms with Crippen molar-refractivity contribution in [3.05, 3.63) is 64.1 Å². The zero-order valence-corrected chi connectivity index (χ0v) is 22.2. The van der Waals surface area contributed by atoms with Crippen LogP contribution in [0.3, 0.4) is 0 Å². The molecule has 1 N–H and O–H groups in total. The summed E-state index contributed by atoms with van der Waals surface area (Å²) in [5, 5.41) is 2.69. The minimum atomic E-state index is -0.530. The van der Waals surface area contributed by atoms with Crippen LogP contribution in [0, 0.1) is 0 Å². The first kappa shape index (κ1) is 26.8. The molecule has 1 aliphatic rings. The highest BCUT2D eigenvalue weighted by atomic mass is 79.9. The Hall–Kier alpha value is -2.78. The quantitative estimate of drug-likeness (QED) is 0.478. The van der Waals surface area contributed by atoms with E-state index in [2.05, 4.69) is 32.2 Å². The SMILES string of the molecule is CC(C)(C)OC(=O)NCCOc1cc(Br)cc(CN2CCN(C(=O)OCc3ccccc3)CC2)c1. The van der Waals surface area contributed by atoms with Crippen LogP contribution >= 0.6 is 15.9 Å². The summed E-state index contributed by atoms with van der Waals surface area (Å²) in [7, 11) is 0. The first-order chi connectivity index (χ1) is 16.7. The van der Waals surface area contributed by atoms with E-state index in [0.717, 1.165) is 41.0 Å². The van der Waals surface area contributed by atoms with Crippen LogP contribution in [-0.2, 0) is 22.6 Å². The Labute approximate surface area is 215 Å². The maximum absolute atomic E-state index is 12.4. The molecular formula is C26H34BrN3O5. The molecule has 0 spiro atoms. The van der Waals surface area contributed by atoms with Gasteiger partial charge in [0.2, 0.25) is 0 Å². The second kappa shape index (κ2) is 12.8. The molecule has 0 aliphatic carbocycles. The van der Waals surface area contributed by atoms with Crippen LogP contribution in [0.4, 0.5) is 9.59 Å². The molecule has 0 aromatic heterocycles. The summed E-state index contributed by atoms with van der Waals surface area (Å²) in [6.45, 7) is 9.97. The number of ether oxygens (including phenoxy) is 3. The van der Waals surface area contributed by atoms with Crippen molar-refractivity contribution in [1.82, 2.24) is 15.1 Å². The Morgan fingerprint density at radius 1 is 1.00 bits per heavy atom. The molecular weight excluding hydrogens is 514 g/mol. The molecule has 2 aromatic rings. The predicted octanol–water partition coefficient (Wildman–Crippen LogP) is 4.81. The number of alkyl carbamates (subject to hydrolysis) is 1. The topological polar surface area (TPSA) is 80.3 Å². The summed E-state index contributed by atoms with van der Waals surface area (Å²) in [4.78, 5) is 28.2. The van der Waals surface area contributed by atoms with Crippen molar-refractivity contribution in [3.63, 3.8) is 0 Å². The van der Waals surface area contributed by atoms with Gasteiger partial charge in [-0.25, -0.2) is 9.59 Å². The second-order valence-electron chi connectivity index (χ2n) is 9.38. The van der Waals surface area contributed by atoms with Gasteiger partial charge in [-0.05, 0) is 50.1 Å². The summed E-state index contributed by atoms with van der Waals surface area (Å²) in [6.07, 6.45) is -0.731. The first-order valence-electron chi connectivity index (χ1n) is 11.7. The average molecular weight is 548 g/mol. The Balaban J connectivity index is 1.40. The lowest BCUT2D eigenvalue weighted by Crippen LogP contribution is -2.48. The number of hydrogen-bond acceptors (Lipinski definition) is 6. The van der Waals surface area contributed by atoms with Gasteiger partial charge >= 0.3 is 12.2 Å². The molecule has 0 atom stereocenters. The molecule has 2 aromatic carbocycles. The summed E-state index contributed by atoms with van der Waals surface area (Å²) in [5.41, 5.74) is 1.56. The Morgan fingerprint density at radius 2 is 1.71 bits per heavy atom. The third-order valence-corrected chi connectivity index (χ3v) is 5.67. The fourth-order valence-corrected chi connectivity index (χ4v) is 4.11. The molecule has 2 amide bonds. The second-order valence-corrected chi connectivity index (χ2v) is 10.3. The van der Waals surface area contributed by atoms with E-state index in [-0.39, 0.29) is 12.7 Å². The van der Waals surface area contributed by atoms with E-state index in [1.807, 2.05) is 63.2 Å². The highest BCUT2D eigenvalue weighted by molar-refractivity contribution is 9.10. The van der Waals surface area contributed by atoms with Crippen molar-refractivity contribution in [2.45, 2.75) is 39.5 Å². The molecule has 190 valence electrons. The number of carbonyl (C=O) groups excluding carboxylic acids is 2. The van der Waals surface area contributed by atoms with Gasteiger partial charge in [0.1, 0.15) is 24.6 Å². The van der Waals surface area contributed by atoms with E-state index in [4.69, 9.17) is 14.2 Å². The minimum Gasteiger partial charge on any atom is -0.492 e. The summed E-state index contributed by atoms with van der Waals surface area (Å²) < 4.78 is 17.4. The van der Waals surface area contributed by atoms with E-state index in [9.17, 15) is 9.59 Å². The Bertz CT molecular complexity index is 973. The van der Waals surface area contributed by atoms with Crippen LogP contribution < -0.4 is 10.1 Å². The van der Waals surface area contributed by atoms with Gasteiger partial charge < -0.3 is 24.4 Å². The van der Waals surface area contributed by atoms with E-state index < -0.39 is 11.7 Å². The standard InChI is InChI=1S/C26H34BrN3O5/c1-26(2,3)35-24(31)28-9-14-33-23-16-21(15-22(27)17-23)18-29-10-12-30(13-11-29)25(32)34-19-20-7-5-4-6-8-20/h4-8,15-17H,9-14,18-19H2,1-3H3,(H,28,31). The fraction of sp³-hybridized carbons (Fsp3) is 0.462. The highest BCUT2D eigenvalue weighted by Crippen LogP contribution is 2.23. The normalized spacial score (nSPS) is 14.3. The van der Waals surface area contributed by atoms with Gasteiger partial charge in [0.15, 0.2) is 0 Å². The van der Waals surface area contributed by atoms with Crippen LogP contribution in [0.2, 0.25) is 0 Å². The Kier molecular flexibility index (Phi) is 9.80. The van der Waals surface area contributed by atoms with Crippen LogP contribution in [0.25, 0.3) is 0 Å². The molecule has 1 saturated heterocycles. The number of hydrogen-bond donors (Lipinski definition) is 1. The molecule has 35 heavy (non-hydrogen) atoms. The van der Waals surface area contributed by atoms with Crippen molar-refractivity contribution in [2.24, 2.45) is 0 Å². The monoisotopic (exact) mass is 547 g/mol. The highest BCUT2D eigenvalue weighted by Gasteiger charge is 2.22. The van der Waals surface area contributed by atoms with Crippen molar-refractivity contribution in [1.29, 1.82) is 0 Å². The summed E-state index contributed by atoms with van der Waals surface area (Å²) >= 11 is 3.55. The number of nitrogens with one attached hydrogen (secondary N) is 1. The molecule has 1 aliphatic heterocycles. The average Bonchev–Trinajstić information content (AvgIpc) is 2.80. The first-order valence-corrected chi connectivity index (χ1v) is 12.5. The lowest BCUT2D eigenvalue weighted by Gasteiger charge is -2.34. The van der Waals surface area contributed by atoms with Gasteiger partial charge in [-0.15, -0.1) is 0 Å². The summed E-state index contributed by atoms with van der Waals surface area (Å²) in [6, 6.07) is 15.7. The molecule has 0 radical (unpaired) electrons. The number of carbonyl (C=O) groups is 2. The fourth-order valence-electron chi connectivity index (χ4n) is 3.59. The number of halogens is 1. The summed E-state index contributed by atoms with van der Waals surface area (Å²) in [5.74, 6) is 0.725. The maximum Gasteiger partial charge on any atom is 0.410 e. The molecule has 9 heteroatoms. The van der Waals surface area contributed by atoms with Gasteiger partial charge in [-0.1, -0.05) is 46.3 Å². The van der Waals surface area contributed by atoms with Crippen molar-refractivity contribution < 1.29 is 23.8 Å². The maximum atomic E-state index is 12.4. The van der Waals surface area contributed by atoms with Crippen LogP contribution in [0.5, 0.6) is 5.75 Å². The molecule has 0 unspecified atom stereocenters. The number of piperazine rings is 1. The van der Waals surface area contributed by atoms with E-state index in [0.29, 0.717) is 26.2 Å². The van der Waals surface area contributed by atoms with E-state index in [1.165, 1.54) is 0 Å². The smallest absolute Gasteiger partial charge is 0.410 e. The number of nitrogens with zero attached hydrogens (tertiary/aromatic N) is 2. The molecule has 0 bridgehead atoms. The Morgan fingerprint density at radius 3 is 2.40 bits per heavy atom. The molecule has 8 nitrogen and oxygen atoms in total. The van der Waals surface area contributed by atoms with Gasteiger partial charge in [-0.3, -0.25) is 4.90 Å². The van der Waals surface area contributed by atoms with Gasteiger partial charge in [0.05, 0.1) is 6.54 Å². The minimum absolute atomic E-state index is 0.272. The number of rotatable bonds is 8. The van der Waals surface area contributed by atoms with Gasteiger partial charge in [0.25, 0.3) is 0 Å². The molecule has 1 fully saturated rings. The zero-order chi connectivity index (χ0) is 25.3. The molecule has 1 heterocycles. The number of amides is 2. The van der Waals surface area contributed by atoms with E-state index >= 15 is 0 Å². The largest absolute Gasteiger partial charge is 0.492 e. The van der Waals surface area contributed by atoms with Crippen LogP contribution in [-0.4, -0.2) is 66.9 Å². The third-order valence-electron chi connectivity index (χ3n) is 5.21. The van der Waals surface area contributed by atoms with Crippen molar-refractivity contribution >= 4 is 28.1 Å².